The van der Waals surface area contributed by atoms with E-state index in [4.69, 9.17) is 21.1 Å². The van der Waals surface area contributed by atoms with E-state index in [9.17, 15) is 9.59 Å². The number of hydrogen-bond donors (Lipinski definition) is 0. The molecule has 0 unspecified atom stereocenters. The molecule has 1 aliphatic heterocycles. The molecule has 0 saturated heterocycles. The Morgan fingerprint density at radius 3 is 2.70 bits per heavy atom. The smallest absolute Gasteiger partial charge is 0.338 e. The van der Waals surface area contributed by atoms with Gasteiger partial charge in [0.1, 0.15) is 12.4 Å². The Morgan fingerprint density at radius 1 is 1.22 bits per heavy atom. The van der Waals surface area contributed by atoms with Gasteiger partial charge in [-0.2, -0.15) is 0 Å². The van der Waals surface area contributed by atoms with Crippen LogP contribution in [-0.2, 0) is 20.9 Å². The minimum atomic E-state index is -0.895. The van der Waals surface area contributed by atoms with Gasteiger partial charge in [0.2, 0.25) is 0 Å². The Balaban J connectivity index is 1.62. The van der Waals surface area contributed by atoms with Crippen LogP contribution in [0, 0.1) is 0 Å². The topological polar surface area (TPSA) is 55.8 Å². The molecule has 2 aromatic carbocycles. The Bertz CT molecular complexity index is 879. The predicted molar refractivity (Wildman–Crippen MR) is 103 cm³/mol. The van der Waals surface area contributed by atoms with Gasteiger partial charge in [-0.1, -0.05) is 41.9 Å². The van der Waals surface area contributed by atoms with Crippen LogP contribution < -0.4 is 4.74 Å². The molecule has 0 N–H and O–H groups in total. The molecule has 1 aliphatic rings. The van der Waals surface area contributed by atoms with Gasteiger partial charge in [-0.15, -0.1) is 0 Å². The first-order chi connectivity index (χ1) is 12.9. The molecular formula is C21H20ClNO4. The quantitative estimate of drug-likeness (QED) is 0.736. The fourth-order valence-electron chi connectivity index (χ4n) is 2.80. The maximum atomic E-state index is 12.5. The fraction of sp³-hybridized carbons (Fsp3) is 0.238. The second kappa shape index (κ2) is 8.27. The van der Waals surface area contributed by atoms with Gasteiger partial charge in [0, 0.05) is 24.2 Å². The number of hydrogen-bond acceptors (Lipinski definition) is 4. The van der Waals surface area contributed by atoms with Crippen LogP contribution in [0.4, 0.5) is 0 Å². The number of rotatable bonds is 5. The number of nitrogens with zero attached hydrogens (tertiary/aromatic N) is 1. The van der Waals surface area contributed by atoms with Gasteiger partial charge in [0.15, 0.2) is 6.10 Å². The summed E-state index contributed by atoms with van der Waals surface area (Å²) >= 11 is 5.98. The third-order valence-corrected chi connectivity index (χ3v) is 4.45. The van der Waals surface area contributed by atoms with Gasteiger partial charge in [-0.05, 0) is 36.8 Å². The van der Waals surface area contributed by atoms with Crippen molar-refractivity contribution in [2.24, 2.45) is 0 Å². The summed E-state index contributed by atoms with van der Waals surface area (Å²) in [5, 5.41) is 0.550. The van der Waals surface area contributed by atoms with Crippen LogP contribution in [0.15, 0.2) is 54.1 Å². The molecule has 0 bridgehead atoms. The number of likely N-dealkylation sites (N-methyl/N-ethyl adjacent to an activating group) is 1. The van der Waals surface area contributed by atoms with Gasteiger partial charge >= 0.3 is 5.97 Å². The number of amides is 1. The fourth-order valence-corrected chi connectivity index (χ4v) is 2.98. The first kappa shape index (κ1) is 19.0. The van der Waals surface area contributed by atoms with Gasteiger partial charge in [0.25, 0.3) is 5.91 Å². The lowest BCUT2D eigenvalue weighted by molar-refractivity contribution is -0.155. The third-order valence-electron chi connectivity index (χ3n) is 4.22. The van der Waals surface area contributed by atoms with E-state index in [1.807, 2.05) is 30.3 Å². The molecular weight excluding hydrogens is 366 g/mol. The summed E-state index contributed by atoms with van der Waals surface area (Å²) in [5.41, 5.74) is 2.06. The average Bonchev–Trinajstić information content (AvgIpc) is 2.67. The van der Waals surface area contributed by atoms with Crippen LogP contribution in [0.2, 0.25) is 5.02 Å². The zero-order valence-electron chi connectivity index (χ0n) is 15.1. The van der Waals surface area contributed by atoms with Crippen molar-refractivity contribution in [2.45, 2.75) is 19.6 Å². The Morgan fingerprint density at radius 2 is 1.96 bits per heavy atom. The number of esters is 1. The number of carbonyl (C=O) groups is 2. The monoisotopic (exact) mass is 385 g/mol. The second-order valence-electron chi connectivity index (χ2n) is 6.37. The summed E-state index contributed by atoms with van der Waals surface area (Å²) in [6.45, 7) is 2.10. The highest BCUT2D eigenvalue weighted by molar-refractivity contribution is 6.30. The van der Waals surface area contributed by atoms with Crippen molar-refractivity contribution in [3.05, 3.63) is 70.3 Å². The maximum Gasteiger partial charge on any atom is 0.338 e. The molecule has 0 aromatic heterocycles. The van der Waals surface area contributed by atoms with Gasteiger partial charge in [-0.25, -0.2) is 4.79 Å². The minimum Gasteiger partial charge on any atom is -0.488 e. The summed E-state index contributed by atoms with van der Waals surface area (Å²) in [5.74, 6) is -0.190. The van der Waals surface area contributed by atoms with Crippen molar-refractivity contribution in [3.63, 3.8) is 0 Å². The Kier molecular flexibility index (Phi) is 5.81. The van der Waals surface area contributed by atoms with E-state index in [1.165, 1.54) is 4.90 Å². The molecule has 2 aromatic rings. The molecule has 0 fully saturated rings. The maximum absolute atomic E-state index is 12.5. The van der Waals surface area contributed by atoms with Gasteiger partial charge in [0.05, 0.1) is 5.57 Å². The van der Waals surface area contributed by atoms with Crippen LogP contribution in [0.25, 0.3) is 6.08 Å². The highest BCUT2D eigenvalue weighted by Gasteiger charge is 2.25. The van der Waals surface area contributed by atoms with Gasteiger partial charge in [-0.3, -0.25) is 4.79 Å². The second-order valence-corrected chi connectivity index (χ2v) is 6.80. The SMILES string of the molecule is C[C@@H](OC(=O)C1=Cc2cc(Cl)ccc2OC1)C(=O)N(C)Cc1ccccc1. The van der Waals surface area contributed by atoms with Crippen molar-refractivity contribution in [2.75, 3.05) is 13.7 Å². The summed E-state index contributed by atoms with van der Waals surface area (Å²) < 4.78 is 10.9. The lowest BCUT2D eigenvalue weighted by atomic mass is 10.1. The summed E-state index contributed by atoms with van der Waals surface area (Å²) in [6, 6.07) is 14.8. The summed E-state index contributed by atoms with van der Waals surface area (Å²) in [7, 11) is 1.68. The number of benzene rings is 2. The Labute approximate surface area is 163 Å². The highest BCUT2D eigenvalue weighted by Crippen LogP contribution is 2.29. The van der Waals surface area contributed by atoms with Crippen LogP contribution in [-0.4, -0.2) is 36.5 Å². The number of ether oxygens (including phenoxy) is 2. The third kappa shape index (κ3) is 4.68. The number of carbonyl (C=O) groups excluding carboxylic acids is 2. The van der Waals surface area contributed by atoms with Crippen LogP contribution >= 0.6 is 11.6 Å². The molecule has 6 heteroatoms. The molecule has 5 nitrogen and oxygen atoms in total. The molecule has 27 heavy (non-hydrogen) atoms. The van der Waals surface area contributed by atoms with E-state index in [0.717, 1.165) is 5.56 Å². The van der Waals surface area contributed by atoms with Crippen molar-refractivity contribution >= 4 is 29.6 Å². The zero-order chi connectivity index (χ0) is 19.4. The van der Waals surface area contributed by atoms with E-state index in [2.05, 4.69) is 0 Å². The largest absolute Gasteiger partial charge is 0.488 e. The highest BCUT2D eigenvalue weighted by atomic mass is 35.5. The van der Waals surface area contributed by atoms with E-state index in [-0.39, 0.29) is 12.5 Å². The summed E-state index contributed by atoms with van der Waals surface area (Å²) in [6.07, 6.45) is 0.783. The van der Waals surface area contributed by atoms with Crippen LogP contribution in [0.5, 0.6) is 5.75 Å². The van der Waals surface area contributed by atoms with E-state index in [0.29, 0.717) is 28.5 Å². The normalized spacial score (nSPS) is 13.7. The lowest BCUT2D eigenvalue weighted by Crippen LogP contribution is -2.37. The lowest BCUT2D eigenvalue weighted by Gasteiger charge is -2.23. The van der Waals surface area contributed by atoms with Crippen molar-refractivity contribution < 1.29 is 19.1 Å². The van der Waals surface area contributed by atoms with Crippen LogP contribution in [0.1, 0.15) is 18.1 Å². The first-order valence-electron chi connectivity index (χ1n) is 8.57. The molecule has 0 radical (unpaired) electrons. The van der Waals surface area contributed by atoms with Gasteiger partial charge < -0.3 is 14.4 Å². The molecule has 1 amide bonds. The van der Waals surface area contributed by atoms with Crippen molar-refractivity contribution in [3.8, 4) is 5.75 Å². The molecule has 3 rings (SSSR count). The number of fused-ring (bicyclic) bond motifs is 1. The zero-order valence-corrected chi connectivity index (χ0v) is 15.9. The minimum absolute atomic E-state index is 0.0915. The predicted octanol–water partition coefficient (Wildman–Crippen LogP) is 3.71. The first-order valence-corrected chi connectivity index (χ1v) is 8.94. The van der Waals surface area contributed by atoms with E-state index < -0.39 is 12.1 Å². The van der Waals surface area contributed by atoms with E-state index >= 15 is 0 Å². The summed E-state index contributed by atoms with van der Waals surface area (Å²) in [4.78, 5) is 26.4. The average molecular weight is 386 g/mol. The molecule has 1 atom stereocenters. The van der Waals surface area contributed by atoms with E-state index in [1.54, 1.807) is 38.2 Å². The molecule has 1 heterocycles. The molecule has 0 saturated carbocycles. The standard InChI is InChI=1S/C21H20ClNO4/c1-14(20(24)23(2)12-15-6-4-3-5-7-15)27-21(25)17-10-16-11-18(22)8-9-19(16)26-13-17/h3-11,14H,12-13H2,1-2H3/t14-/m1/s1. The van der Waals surface area contributed by atoms with Crippen LogP contribution in [0.3, 0.4) is 0 Å². The molecule has 0 spiro atoms. The van der Waals surface area contributed by atoms with Crippen molar-refractivity contribution in [1.29, 1.82) is 0 Å². The molecule has 0 aliphatic carbocycles. The Hall–Kier alpha value is -2.79. The molecule has 140 valence electrons. The van der Waals surface area contributed by atoms with Crippen molar-refractivity contribution in [1.82, 2.24) is 4.90 Å². The number of halogens is 1.